The van der Waals surface area contributed by atoms with Crippen molar-refractivity contribution in [1.82, 2.24) is 9.78 Å². The second-order valence-electron chi connectivity index (χ2n) is 4.29. The summed E-state index contributed by atoms with van der Waals surface area (Å²) >= 11 is 0. The summed E-state index contributed by atoms with van der Waals surface area (Å²) in [6.45, 7) is 0.373. The molecular formula is C12H14FN3O2S. The van der Waals surface area contributed by atoms with Crippen molar-refractivity contribution >= 4 is 15.5 Å². The number of hydrogen-bond acceptors (Lipinski definition) is 4. The number of anilines is 1. The van der Waals surface area contributed by atoms with E-state index in [9.17, 15) is 12.8 Å². The topological polar surface area (TPSA) is 64.0 Å². The summed E-state index contributed by atoms with van der Waals surface area (Å²) in [7, 11) is -1.56. The van der Waals surface area contributed by atoms with Gasteiger partial charge in [0, 0.05) is 31.6 Å². The standard InChI is InChI=1S/C12H14FN3O2S/c1-16-8-9(7-15-16)6-14-12-5-10(19(2,17)18)3-4-11(12)13/h3-5,7-8,14H,6H2,1-2H3. The Kier molecular flexibility index (Phi) is 3.57. The van der Waals surface area contributed by atoms with Crippen molar-refractivity contribution < 1.29 is 12.8 Å². The van der Waals surface area contributed by atoms with Gasteiger partial charge in [0.05, 0.1) is 16.8 Å². The number of sulfone groups is 1. The van der Waals surface area contributed by atoms with Gasteiger partial charge in [-0.1, -0.05) is 0 Å². The molecule has 0 fully saturated rings. The molecule has 0 aliphatic heterocycles. The van der Waals surface area contributed by atoms with Crippen LogP contribution < -0.4 is 5.32 Å². The van der Waals surface area contributed by atoms with Gasteiger partial charge in [0.15, 0.2) is 9.84 Å². The molecule has 7 heteroatoms. The summed E-state index contributed by atoms with van der Waals surface area (Å²) < 4.78 is 38.0. The molecule has 0 amide bonds. The van der Waals surface area contributed by atoms with Crippen molar-refractivity contribution in [3.63, 3.8) is 0 Å². The molecule has 1 aromatic heterocycles. The molecule has 0 bridgehead atoms. The van der Waals surface area contributed by atoms with Gasteiger partial charge in [-0.3, -0.25) is 4.68 Å². The van der Waals surface area contributed by atoms with Gasteiger partial charge in [0.25, 0.3) is 0 Å². The van der Waals surface area contributed by atoms with Crippen LogP contribution in [0.1, 0.15) is 5.56 Å². The number of hydrogen-bond donors (Lipinski definition) is 1. The number of aromatic nitrogens is 2. The van der Waals surface area contributed by atoms with E-state index in [2.05, 4.69) is 10.4 Å². The zero-order chi connectivity index (χ0) is 14.0. The quantitative estimate of drug-likeness (QED) is 0.865. The minimum Gasteiger partial charge on any atom is -0.378 e. The van der Waals surface area contributed by atoms with Gasteiger partial charge >= 0.3 is 0 Å². The molecule has 1 heterocycles. The molecule has 0 atom stereocenters. The van der Waals surface area contributed by atoms with E-state index in [-0.39, 0.29) is 10.6 Å². The molecule has 0 aliphatic carbocycles. The predicted octanol–water partition coefficient (Wildman–Crippen LogP) is 1.57. The highest BCUT2D eigenvalue weighted by molar-refractivity contribution is 7.90. The van der Waals surface area contributed by atoms with E-state index in [4.69, 9.17) is 0 Å². The van der Waals surface area contributed by atoms with Crippen LogP contribution >= 0.6 is 0 Å². The van der Waals surface area contributed by atoms with Crippen LogP contribution in [0.15, 0.2) is 35.5 Å². The fourth-order valence-electron chi connectivity index (χ4n) is 1.63. The molecule has 0 unspecified atom stereocenters. The molecule has 0 aliphatic rings. The molecule has 2 rings (SSSR count). The zero-order valence-electron chi connectivity index (χ0n) is 10.6. The average molecular weight is 283 g/mol. The van der Waals surface area contributed by atoms with Gasteiger partial charge in [-0.25, -0.2) is 12.8 Å². The van der Waals surface area contributed by atoms with Crippen molar-refractivity contribution in [3.8, 4) is 0 Å². The smallest absolute Gasteiger partial charge is 0.175 e. The third-order valence-electron chi connectivity index (χ3n) is 2.61. The van der Waals surface area contributed by atoms with Gasteiger partial charge < -0.3 is 5.32 Å². The first-order valence-corrected chi connectivity index (χ1v) is 7.46. The van der Waals surface area contributed by atoms with Gasteiger partial charge in [0.2, 0.25) is 0 Å². The summed E-state index contributed by atoms with van der Waals surface area (Å²) in [6, 6.07) is 3.68. The Labute approximate surface area is 111 Å². The van der Waals surface area contributed by atoms with Gasteiger partial charge in [-0.2, -0.15) is 5.10 Å². The lowest BCUT2D eigenvalue weighted by molar-refractivity contribution is 0.600. The molecule has 0 spiro atoms. The molecule has 2 aromatic rings. The van der Waals surface area contributed by atoms with Crippen LogP contribution in [0.25, 0.3) is 0 Å². The molecule has 1 N–H and O–H groups in total. The number of halogens is 1. The maximum atomic E-state index is 13.6. The Balaban J connectivity index is 2.20. The van der Waals surface area contributed by atoms with Crippen LogP contribution in [-0.4, -0.2) is 24.5 Å². The molecule has 0 saturated carbocycles. The lowest BCUT2D eigenvalue weighted by Crippen LogP contribution is -2.04. The highest BCUT2D eigenvalue weighted by Crippen LogP contribution is 2.20. The Hall–Kier alpha value is -1.89. The molecule has 1 aromatic carbocycles. The van der Waals surface area contributed by atoms with Crippen LogP contribution in [0.4, 0.5) is 10.1 Å². The summed E-state index contributed by atoms with van der Waals surface area (Å²) in [6.07, 6.45) is 4.54. The molecule has 102 valence electrons. The van der Waals surface area contributed by atoms with Crippen molar-refractivity contribution in [2.45, 2.75) is 11.4 Å². The first-order chi connectivity index (χ1) is 8.86. The van der Waals surface area contributed by atoms with Crippen molar-refractivity contribution in [1.29, 1.82) is 0 Å². The average Bonchev–Trinajstić information content (AvgIpc) is 2.72. The lowest BCUT2D eigenvalue weighted by atomic mass is 10.3. The van der Waals surface area contributed by atoms with E-state index in [0.29, 0.717) is 6.54 Å². The van der Waals surface area contributed by atoms with E-state index in [1.165, 1.54) is 12.1 Å². The molecular weight excluding hydrogens is 269 g/mol. The van der Waals surface area contributed by atoms with Crippen molar-refractivity contribution in [3.05, 3.63) is 42.0 Å². The molecule has 0 saturated heterocycles. The van der Waals surface area contributed by atoms with Crippen LogP contribution in [0.5, 0.6) is 0 Å². The van der Waals surface area contributed by atoms with Gasteiger partial charge in [-0.05, 0) is 18.2 Å². The summed E-state index contributed by atoms with van der Waals surface area (Å²) in [5, 5.41) is 6.86. The summed E-state index contributed by atoms with van der Waals surface area (Å²) in [5.74, 6) is -0.490. The number of benzene rings is 1. The second-order valence-corrected chi connectivity index (χ2v) is 6.31. The molecule has 5 nitrogen and oxygen atoms in total. The zero-order valence-corrected chi connectivity index (χ0v) is 11.4. The van der Waals surface area contributed by atoms with Crippen molar-refractivity contribution in [2.24, 2.45) is 7.05 Å². The fourth-order valence-corrected chi connectivity index (χ4v) is 2.28. The highest BCUT2D eigenvalue weighted by Gasteiger charge is 2.11. The van der Waals surface area contributed by atoms with Gasteiger partial charge in [0.1, 0.15) is 5.82 Å². The Morgan fingerprint density at radius 3 is 2.74 bits per heavy atom. The third kappa shape index (κ3) is 3.31. The van der Waals surface area contributed by atoms with Crippen LogP contribution in [0, 0.1) is 5.82 Å². The number of rotatable bonds is 4. The second kappa shape index (κ2) is 5.00. The lowest BCUT2D eigenvalue weighted by Gasteiger charge is -2.08. The Bertz CT molecular complexity index is 695. The largest absolute Gasteiger partial charge is 0.378 e. The van der Waals surface area contributed by atoms with Crippen LogP contribution in [0.3, 0.4) is 0 Å². The van der Waals surface area contributed by atoms with E-state index in [1.807, 2.05) is 0 Å². The Morgan fingerprint density at radius 2 is 2.16 bits per heavy atom. The summed E-state index contributed by atoms with van der Waals surface area (Å²) in [5.41, 5.74) is 1.04. The molecule has 19 heavy (non-hydrogen) atoms. The van der Waals surface area contributed by atoms with E-state index in [1.54, 1.807) is 24.1 Å². The van der Waals surface area contributed by atoms with Crippen LogP contribution in [0.2, 0.25) is 0 Å². The first kappa shape index (κ1) is 13.5. The van der Waals surface area contributed by atoms with Gasteiger partial charge in [-0.15, -0.1) is 0 Å². The monoisotopic (exact) mass is 283 g/mol. The van der Waals surface area contributed by atoms with Crippen molar-refractivity contribution in [2.75, 3.05) is 11.6 Å². The first-order valence-electron chi connectivity index (χ1n) is 5.57. The summed E-state index contributed by atoms with van der Waals surface area (Å²) in [4.78, 5) is 0.0857. The number of nitrogens with one attached hydrogen (secondary N) is 1. The van der Waals surface area contributed by atoms with E-state index >= 15 is 0 Å². The van der Waals surface area contributed by atoms with E-state index in [0.717, 1.165) is 17.9 Å². The SMILES string of the molecule is Cn1cc(CNc2cc(S(C)(=O)=O)ccc2F)cn1. The fraction of sp³-hybridized carbons (Fsp3) is 0.250. The highest BCUT2D eigenvalue weighted by atomic mass is 32.2. The molecule has 0 radical (unpaired) electrons. The maximum absolute atomic E-state index is 13.6. The number of nitrogens with zero attached hydrogens (tertiary/aromatic N) is 2. The predicted molar refractivity (Wildman–Crippen MR) is 70.0 cm³/mol. The van der Waals surface area contributed by atoms with Crippen LogP contribution in [-0.2, 0) is 23.4 Å². The normalized spacial score (nSPS) is 11.5. The third-order valence-corrected chi connectivity index (χ3v) is 3.72. The minimum atomic E-state index is -3.34. The Morgan fingerprint density at radius 1 is 1.42 bits per heavy atom. The number of aryl methyl sites for hydroxylation is 1. The minimum absolute atomic E-state index is 0.0857. The van der Waals surface area contributed by atoms with E-state index < -0.39 is 15.7 Å². The maximum Gasteiger partial charge on any atom is 0.175 e.